The van der Waals surface area contributed by atoms with Gasteiger partial charge in [-0.25, -0.2) is 0 Å². The van der Waals surface area contributed by atoms with Gasteiger partial charge in [-0.3, -0.25) is 14.7 Å². The van der Waals surface area contributed by atoms with E-state index in [9.17, 15) is 9.59 Å². The zero-order valence-electron chi connectivity index (χ0n) is 11.6. The van der Waals surface area contributed by atoms with Crippen molar-refractivity contribution in [2.75, 3.05) is 5.32 Å². The number of aromatic nitrogens is 2. The number of nitrogens with one attached hydrogen (secondary N) is 3. The van der Waals surface area contributed by atoms with E-state index in [-0.39, 0.29) is 23.8 Å². The Morgan fingerprint density at radius 2 is 2.24 bits per heavy atom. The molecule has 3 N–H and O–H groups in total. The molecule has 1 unspecified atom stereocenters. The molecule has 1 fully saturated rings. The topological polar surface area (TPSA) is 86.9 Å². The molecule has 1 atom stereocenters. The predicted molar refractivity (Wildman–Crippen MR) is 80.1 cm³/mol. The van der Waals surface area contributed by atoms with E-state index in [2.05, 4.69) is 20.8 Å². The molecule has 7 heteroatoms. The summed E-state index contributed by atoms with van der Waals surface area (Å²) in [6, 6.07) is 3.37. The molecule has 0 saturated heterocycles. The minimum absolute atomic E-state index is 0.0515. The van der Waals surface area contributed by atoms with Crippen molar-refractivity contribution in [3.63, 3.8) is 0 Å². The van der Waals surface area contributed by atoms with Crippen LogP contribution in [0.15, 0.2) is 24.5 Å². The van der Waals surface area contributed by atoms with Crippen LogP contribution in [0.4, 0.5) is 5.00 Å². The van der Waals surface area contributed by atoms with Gasteiger partial charge in [0, 0.05) is 17.7 Å². The van der Waals surface area contributed by atoms with Crippen molar-refractivity contribution < 1.29 is 9.59 Å². The van der Waals surface area contributed by atoms with Crippen LogP contribution in [0.3, 0.4) is 0 Å². The van der Waals surface area contributed by atoms with Gasteiger partial charge < -0.3 is 10.6 Å². The molecule has 1 aliphatic rings. The number of hydrogen-bond donors (Lipinski definition) is 3. The number of thiophene rings is 1. The van der Waals surface area contributed by atoms with Crippen molar-refractivity contribution in [2.24, 2.45) is 5.92 Å². The van der Waals surface area contributed by atoms with Gasteiger partial charge in [-0.05, 0) is 31.9 Å². The zero-order chi connectivity index (χ0) is 14.8. The second kappa shape index (κ2) is 5.69. The number of rotatable bonds is 5. The number of H-pyrrole nitrogens is 1. The van der Waals surface area contributed by atoms with Crippen LogP contribution in [-0.2, 0) is 4.79 Å². The van der Waals surface area contributed by atoms with Gasteiger partial charge >= 0.3 is 0 Å². The van der Waals surface area contributed by atoms with E-state index in [0.29, 0.717) is 9.88 Å². The van der Waals surface area contributed by atoms with Gasteiger partial charge in [-0.15, -0.1) is 11.3 Å². The minimum atomic E-state index is -0.152. The molecule has 2 heterocycles. The molecule has 6 nitrogen and oxygen atoms in total. The first-order chi connectivity index (χ1) is 10.1. The van der Waals surface area contributed by atoms with Crippen LogP contribution in [0.25, 0.3) is 0 Å². The molecule has 1 aliphatic carbocycles. The number of carbonyl (C=O) groups excluding carboxylic acids is 2. The summed E-state index contributed by atoms with van der Waals surface area (Å²) >= 11 is 1.29. The highest BCUT2D eigenvalue weighted by Crippen LogP contribution is 2.31. The zero-order valence-corrected chi connectivity index (χ0v) is 12.4. The summed E-state index contributed by atoms with van der Waals surface area (Å²) in [6.07, 6.45) is 5.36. The van der Waals surface area contributed by atoms with Gasteiger partial charge in [0.2, 0.25) is 5.91 Å². The first-order valence-electron chi connectivity index (χ1n) is 6.83. The summed E-state index contributed by atoms with van der Waals surface area (Å²) < 4.78 is 0. The fourth-order valence-corrected chi connectivity index (χ4v) is 2.76. The number of aromatic amines is 1. The maximum Gasteiger partial charge on any atom is 0.261 e. The van der Waals surface area contributed by atoms with E-state index >= 15 is 0 Å². The minimum Gasteiger partial charge on any atom is -0.345 e. The molecule has 3 rings (SSSR count). The third-order valence-electron chi connectivity index (χ3n) is 3.39. The van der Waals surface area contributed by atoms with Gasteiger partial charge in [0.15, 0.2) is 0 Å². The maximum atomic E-state index is 12.2. The first-order valence-corrected chi connectivity index (χ1v) is 7.65. The number of carbonyl (C=O) groups is 2. The van der Waals surface area contributed by atoms with Crippen molar-refractivity contribution in [1.29, 1.82) is 0 Å². The lowest BCUT2D eigenvalue weighted by Crippen LogP contribution is -2.25. The predicted octanol–water partition coefficient (Wildman–Crippen LogP) is 2.31. The van der Waals surface area contributed by atoms with Gasteiger partial charge in [-0.1, -0.05) is 0 Å². The van der Waals surface area contributed by atoms with Crippen molar-refractivity contribution in [2.45, 2.75) is 25.8 Å². The largest absolute Gasteiger partial charge is 0.345 e. The molecule has 110 valence electrons. The molecule has 0 spiro atoms. The molecule has 0 aliphatic heterocycles. The molecule has 0 radical (unpaired) electrons. The van der Waals surface area contributed by atoms with E-state index in [1.165, 1.54) is 11.3 Å². The average molecular weight is 304 g/mol. The van der Waals surface area contributed by atoms with Crippen LogP contribution in [0.1, 0.15) is 41.0 Å². The van der Waals surface area contributed by atoms with Crippen LogP contribution in [0.2, 0.25) is 0 Å². The van der Waals surface area contributed by atoms with Crippen LogP contribution in [0.5, 0.6) is 0 Å². The van der Waals surface area contributed by atoms with Crippen molar-refractivity contribution >= 4 is 28.2 Å². The normalized spacial score (nSPS) is 15.5. The Morgan fingerprint density at radius 1 is 1.43 bits per heavy atom. The SMILES string of the molecule is CC(NC(=O)c1ccc(NC(=O)C2CC2)s1)c1cn[nH]c1. The molecular weight excluding hydrogens is 288 g/mol. The monoisotopic (exact) mass is 304 g/mol. The third-order valence-corrected chi connectivity index (χ3v) is 4.39. The van der Waals surface area contributed by atoms with E-state index < -0.39 is 0 Å². The van der Waals surface area contributed by atoms with Crippen molar-refractivity contribution in [1.82, 2.24) is 15.5 Å². The highest BCUT2D eigenvalue weighted by atomic mass is 32.1. The maximum absolute atomic E-state index is 12.2. The Kier molecular flexibility index (Phi) is 3.74. The number of hydrogen-bond acceptors (Lipinski definition) is 4. The number of anilines is 1. The van der Waals surface area contributed by atoms with Gasteiger partial charge in [0.1, 0.15) is 0 Å². The van der Waals surface area contributed by atoms with E-state index in [4.69, 9.17) is 0 Å². The number of nitrogens with zero attached hydrogens (tertiary/aromatic N) is 1. The quantitative estimate of drug-likeness (QED) is 0.792. The fraction of sp³-hybridized carbons (Fsp3) is 0.357. The highest BCUT2D eigenvalue weighted by Gasteiger charge is 2.29. The third kappa shape index (κ3) is 3.30. The van der Waals surface area contributed by atoms with Crippen LogP contribution in [0, 0.1) is 5.92 Å². The Hall–Kier alpha value is -2.15. The van der Waals surface area contributed by atoms with Crippen LogP contribution >= 0.6 is 11.3 Å². The fourth-order valence-electron chi connectivity index (χ4n) is 1.94. The molecule has 1 saturated carbocycles. The van der Waals surface area contributed by atoms with Crippen molar-refractivity contribution in [3.8, 4) is 0 Å². The van der Waals surface area contributed by atoms with Gasteiger partial charge in [0.05, 0.1) is 22.1 Å². The van der Waals surface area contributed by atoms with Gasteiger partial charge in [0.25, 0.3) is 5.91 Å². The molecule has 0 aromatic carbocycles. The average Bonchev–Trinajstić information content (AvgIpc) is 2.99. The summed E-state index contributed by atoms with van der Waals surface area (Å²) in [5.74, 6) is 0.0571. The summed E-state index contributed by atoms with van der Waals surface area (Å²) in [4.78, 5) is 24.4. The van der Waals surface area contributed by atoms with E-state index in [1.54, 1.807) is 24.5 Å². The summed E-state index contributed by atoms with van der Waals surface area (Å²) in [5, 5.41) is 13.0. The Balaban J connectivity index is 1.59. The molecule has 21 heavy (non-hydrogen) atoms. The van der Waals surface area contributed by atoms with E-state index in [1.807, 2.05) is 6.92 Å². The van der Waals surface area contributed by atoms with Crippen LogP contribution in [-0.4, -0.2) is 22.0 Å². The second-order valence-electron chi connectivity index (χ2n) is 5.15. The van der Waals surface area contributed by atoms with E-state index in [0.717, 1.165) is 18.4 Å². The lowest BCUT2D eigenvalue weighted by molar-refractivity contribution is -0.117. The molecular formula is C14H16N4O2S. The lowest BCUT2D eigenvalue weighted by Gasteiger charge is -2.10. The number of amides is 2. The second-order valence-corrected chi connectivity index (χ2v) is 6.24. The van der Waals surface area contributed by atoms with Crippen LogP contribution < -0.4 is 10.6 Å². The highest BCUT2D eigenvalue weighted by molar-refractivity contribution is 7.18. The van der Waals surface area contributed by atoms with Crippen molar-refractivity contribution in [3.05, 3.63) is 35.0 Å². The summed E-state index contributed by atoms with van der Waals surface area (Å²) in [6.45, 7) is 1.89. The molecule has 2 aromatic heterocycles. The molecule has 0 bridgehead atoms. The summed E-state index contributed by atoms with van der Waals surface area (Å²) in [5.41, 5.74) is 0.919. The summed E-state index contributed by atoms with van der Waals surface area (Å²) in [7, 11) is 0. The van der Waals surface area contributed by atoms with Gasteiger partial charge in [-0.2, -0.15) is 5.10 Å². The first kappa shape index (κ1) is 13.8. The standard InChI is InChI=1S/C14H16N4O2S/c1-8(10-6-15-16-7-10)17-14(20)11-4-5-12(21-11)18-13(19)9-2-3-9/h4-9H,2-3H2,1H3,(H,15,16)(H,17,20)(H,18,19). The molecule has 2 aromatic rings. The Bertz CT molecular complexity index is 646. The Morgan fingerprint density at radius 3 is 2.90 bits per heavy atom. The lowest BCUT2D eigenvalue weighted by atomic mass is 10.2. The smallest absolute Gasteiger partial charge is 0.261 e. The molecule has 2 amide bonds. The Labute approximate surface area is 125 Å².